The average Bonchev–Trinajstić information content (AvgIpc) is 2.39. The van der Waals surface area contributed by atoms with Crippen LogP contribution in [0.2, 0.25) is 0 Å². The number of ketones is 1. The van der Waals surface area contributed by atoms with Gasteiger partial charge in [0.25, 0.3) is 0 Å². The Morgan fingerprint density at radius 1 is 0.706 bits per heavy atom. The van der Waals surface area contributed by atoms with E-state index in [0.717, 1.165) is 0 Å². The molecule has 0 aromatic heterocycles. The van der Waals surface area contributed by atoms with Crippen molar-refractivity contribution >= 4 is 26.4 Å². The Morgan fingerprint density at radius 2 is 1.18 bits per heavy atom. The highest BCUT2D eigenvalue weighted by Crippen LogP contribution is 2.12. The first-order valence-electron chi connectivity index (χ1n) is 5.08. The normalized spacial score (nSPS) is 9.94. The fraction of sp³-hybridized carbons (Fsp3) is 0. The number of hydrogen-bond donors (Lipinski definition) is 0. The van der Waals surface area contributed by atoms with Crippen LogP contribution in [-0.4, -0.2) is 10.5 Å². The zero-order valence-electron chi connectivity index (χ0n) is 8.89. The van der Waals surface area contributed by atoms with Crippen molar-refractivity contribution in [1.29, 1.82) is 0 Å². The van der Waals surface area contributed by atoms with E-state index >= 15 is 0 Å². The number of halogens is 1. The van der Waals surface area contributed by atoms with Crippen molar-refractivity contribution < 1.29 is 9.59 Å². The van der Waals surface area contributed by atoms with Crippen LogP contribution in [-0.2, 0) is 0 Å². The molecule has 0 aliphatic heterocycles. The van der Waals surface area contributed by atoms with E-state index < -0.39 is 0 Å². The van der Waals surface area contributed by atoms with Gasteiger partial charge in [0.05, 0.1) is 0 Å². The molecule has 0 N–H and O–H groups in total. The Bertz CT molecular complexity index is 544. The Morgan fingerprint density at radius 3 is 1.71 bits per heavy atom. The monoisotopic (exact) mass is 288 g/mol. The first-order chi connectivity index (χ1) is 8.18. The molecule has 3 heteroatoms. The topological polar surface area (TPSA) is 34.1 Å². The van der Waals surface area contributed by atoms with E-state index in [2.05, 4.69) is 15.9 Å². The van der Waals surface area contributed by atoms with Gasteiger partial charge in [-0.2, -0.15) is 0 Å². The van der Waals surface area contributed by atoms with E-state index in [1.807, 2.05) is 18.2 Å². The molecule has 0 atom stereocenters. The van der Waals surface area contributed by atoms with Gasteiger partial charge < -0.3 is 0 Å². The largest absolute Gasteiger partial charge is 0.289 e. The molecule has 17 heavy (non-hydrogen) atoms. The Hall–Kier alpha value is -1.74. The van der Waals surface area contributed by atoms with Crippen molar-refractivity contribution in [3.8, 4) is 0 Å². The van der Waals surface area contributed by atoms with E-state index in [-0.39, 0.29) is 10.5 Å². The minimum absolute atomic E-state index is 0.0424. The molecule has 0 heterocycles. The van der Waals surface area contributed by atoms with Gasteiger partial charge in [0.1, 0.15) is 0 Å². The summed E-state index contributed by atoms with van der Waals surface area (Å²) in [6, 6.07) is 15.6. The van der Waals surface area contributed by atoms with Gasteiger partial charge in [0.2, 0.25) is 4.69 Å². The van der Waals surface area contributed by atoms with E-state index in [9.17, 15) is 9.59 Å². The van der Waals surface area contributed by atoms with Gasteiger partial charge in [-0.1, -0.05) is 42.5 Å². The van der Waals surface area contributed by atoms with Crippen LogP contribution in [0.15, 0.2) is 54.6 Å². The third-order valence-electron chi connectivity index (χ3n) is 2.41. The summed E-state index contributed by atoms with van der Waals surface area (Å²) >= 11 is 2.87. The van der Waals surface area contributed by atoms with Crippen LogP contribution in [0.4, 0.5) is 0 Å². The SMILES string of the molecule is O=C(Br)c1ccc(C(=O)c2ccccc2)cc1. The standard InChI is InChI=1S/C14H9BrO2/c15-14(17)12-8-6-11(7-9-12)13(16)10-4-2-1-3-5-10/h1-9H. The molecule has 0 bridgehead atoms. The maximum atomic E-state index is 12.0. The summed E-state index contributed by atoms with van der Waals surface area (Å²) in [7, 11) is 0. The van der Waals surface area contributed by atoms with Crippen LogP contribution >= 0.6 is 15.9 Å². The second-order valence-corrected chi connectivity index (χ2v) is 4.27. The first-order valence-corrected chi connectivity index (χ1v) is 5.87. The lowest BCUT2D eigenvalue weighted by atomic mass is 10.0. The lowest BCUT2D eigenvalue weighted by molar-refractivity contribution is 0.103. The number of rotatable bonds is 3. The molecule has 0 unspecified atom stereocenters. The summed E-state index contributed by atoms with van der Waals surface area (Å²) in [5, 5.41) is 0. The summed E-state index contributed by atoms with van der Waals surface area (Å²) in [4.78, 5) is 23.1. The number of hydrogen-bond acceptors (Lipinski definition) is 2. The van der Waals surface area contributed by atoms with Crippen LogP contribution in [0.1, 0.15) is 26.3 Å². The van der Waals surface area contributed by atoms with Crippen LogP contribution < -0.4 is 0 Å². The number of carbonyl (C=O) groups is 2. The van der Waals surface area contributed by atoms with E-state index in [1.165, 1.54) is 0 Å². The van der Waals surface area contributed by atoms with Gasteiger partial charge in [-0.15, -0.1) is 0 Å². The molecule has 2 aromatic rings. The minimum atomic E-state index is -0.184. The fourth-order valence-electron chi connectivity index (χ4n) is 1.51. The molecule has 2 nitrogen and oxygen atoms in total. The average molecular weight is 289 g/mol. The maximum absolute atomic E-state index is 12.0. The lowest BCUT2D eigenvalue weighted by Crippen LogP contribution is -2.01. The quantitative estimate of drug-likeness (QED) is 0.640. The molecule has 0 spiro atoms. The van der Waals surface area contributed by atoms with Gasteiger partial charge in [-0.25, -0.2) is 0 Å². The highest BCUT2D eigenvalue weighted by Gasteiger charge is 2.09. The van der Waals surface area contributed by atoms with Crippen LogP contribution in [0.25, 0.3) is 0 Å². The van der Waals surface area contributed by atoms with Gasteiger partial charge >= 0.3 is 0 Å². The maximum Gasteiger partial charge on any atom is 0.228 e. The number of carbonyl (C=O) groups excluding carboxylic acids is 2. The van der Waals surface area contributed by atoms with Crippen molar-refractivity contribution in [1.82, 2.24) is 0 Å². The predicted molar refractivity (Wildman–Crippen MR) is 69.6 cm³/mol. The van der Waals surface area contributed by atoms with E-state index in [1.54, 1.807) is 36.4 Å². The molecular weight excluding hydrogens is 280 g/mol. The highest BCUT2D eigenvalue weighted by atomic mass is 79.9. The molecule has 0 fully saturated rings. The second kappa shape index (κ2) is 5.06. The Balaban J connectivity index is 2.30. The van der Waals surface area contributed by atoms with Crippen molar-refractivity contribution in [3.63, 3.8) is 0 Å². The fourth-order valence-corrected chi connectivity index (χ4v) is 1.77. The molecule has 0 aliphatic carbocycles. The van der Waals surface area contributed by atoms with Gasteiger partial charge in [-0.3, -0.25) is 9.59 Å². The van der Waals surface area contributed by atoms with E-state index in [4.69, 9.17) is 0 Å². The molecule has 0 radical (unpaired) electrons. The highest BCUT2D eigenvalue weighted by molar-refractivity contribution is 9.18. The predicted octanol–water partition coefficient (Wildman–Crippen LogP) is 3.45. The summed E-state index contributed by atoms with van der Waals surface area (Å²) in [6.45, 7) is 0. The van der Waals surface area contributed by atoms with E-state index in [0.29, 0.717) is 16.7 Å². The molecule has 2 rings (SSSR count). The van der Waals surface area contributed by atoms with Crippen LogP contribution in [0.5, 0.6) is 0 Å². The Kier molecular flexibility index (Phi) is 3.49. The third kappa shape index (κ3) is 2.68. The minimum Gasteiger partial charge on any atom is -0.289 e. The van der Waals surface area contributed by atoms with Crippen LogP contribution in [0, 0.1) is 0 Å². The third-order valence-corrected chi connectivity index (χ3v) is 2.87. The number of benzene rings is 2. The smallest absolute Gasteiger partial charge is 0.228 e. The van der Waals surface area contributed by atoms with Gasteiger partial charge in [-0.05, 0) is 28.1 Å². The molecule has 2 aromatic carbocycles. The molecule has 0 saturated heterocycles. The van der Waals surface area contributed by atoms with Gasteiger partial charge in [0.15, 0.2) is 5.78 Å². The second-order valence-electron chi connectivity index (χ2n) is 3.55. The van der Waals surface area contributed by atoms with Crippen molar-refractivity contribution in [2.75, 3.05) is 0 Å². The molecule has 0 saturated carbocycles. The summed E-state index contributed by atoms with van der Waals surface area (Å²) in [6.07, 6.45) is 0. The zero-order valence-corrected chi connectivity index (χ0v) is 10.5. The molecule has 0 amide bonds. The lowest BCUT2D eigenvalue weighted by Gasteiger charge is -2.01. The summed E-state index contributed by atoms with van der Waals surface area (Å²) in [5.41, 5.74) is 1.76. The van der Waals surface area contributed by atoms with Crippen molar-refractivity contribution in [3.05, 3.63) is 71.3 Å². The van der Waals surface area contributed by atoms with Crippen molar-refractivity contribution in [2.45, 2.75) is 0 Å². The summed E-state index contributed by atoms with van der Waals surface area (Å²) in [5.74, 6) is -0.0424. The molecule has 0 aliphatic rings. The zero-order chi connectivity index (χ0) is 12.3. The van der Waals surface area contributed by atoms with Gasteiger partial charge in [0, 0.05) is 16.7 Å². The summed E-state index contributed by atoms with van der Waals surface area (Å²) < 4.78 is -0.184. The first kappa shape index (κ1) is 11.7. The van der Waals surface area contributed by atoms with Crippen molar-refractivity contribution in [2.24, 2.45) is 0 Å². The molecule has 84 valence electrons. The van der Waals surface area contributed by atoms with Crippen LogP contribution in [0.3, 0.4) is 0 Å². The molecular formula is C14H9BrO2. The Labute approximate surface area is 107 Å².